The van der Waals surface area contributed by atoms with Crippen molar-refractivity contribution in [2.45, 2.75) is 20.1 Å². The van der Waals surface area contributed by atoms with Crippen molar-refractivity contribution >= 4 is 23.5 Å². The zero-order valence-electron chi connectivity index (χ0n) is 14.9. The molecular weight excluding hydrogens is 370 g/mol. The number of hydrogen-bond donors (Lipinski definition) is 1. The number of amides is 1. The van der Waals surface area contributed by atoms with Crippen LogP contribution < -0.4 is 4.74 Å². The van der Waals surface area contributed by atoms with Crippen LogP contribution in [0.2, 0.25) is 0 Å². The molecule has 144 valence electrons. The number of benzene rings is 2. The second-order valence-electron chi connectivity index (χ2n) is 5.86. The molecule has 0 bridgehead atoms. The van der Waals surface area contributed by atoms with E-state index in [-0.39, 0.29) is 28.6 Å². The summed E-state index contributed by atoms with van der Waals surface area (Å²) >= 11 is 0. The molecule has 0 unspecified atom stereocenters. The topological polar surface area (TPSA) is 132 Å². The summed E-state index contributed by atoms with van der Waals surface area (Å²) < 4.78 is 10.9. The van der Waals surface area contributed by atoms with Crippen molar-refractivity contribution in [3.8, 4) is 11.5 Å². The third-order valence-corrected chi connectivity index (χ3v) is 3.80. The number of nitrogens with zero attached hydrogens (tertiary/aromatic N) is 3. The van der Waals surface area contributed by atoms with Crippen LogP contribution in [0.15, 0.2) is 47.6 Å². The fraction of sp³-hybridized carbons (Fsp3) is 0.167. The Morgan fingerprint density at radius 3 is 2.46 bits per heavy atom. The molecule has 10 heteroatoms. The van der Waals surface area contributed by atoms with Crippen molar-refractivity contribution in [1.29, 1.82) is 0 Å². The van der Waals surface area contributed by atoms with Gasteiger partial charge in [0, 0.05) is 37.6 Å². The van der Waals surface area contributed by atoms with Gasteiger partial charge in [-0.1, -0.05) is 0 Å². The van der Waals surface area contributed by atoms with Crippen LogP contribution in [0.25, 0.3) is 0 Å². The lowest BCUT2D eigenvalue weighted by atomic mass is 10.1. The molecule has 1 amide bonds. The van der Waals surface area contributed by atoms with E-state index in [9.17, 15) is 24.8 Å². The van der Waals surface area contributed by atoms with Gasteiger partial charge in [-0.05, 0) is 24.3 Å². The molecule has 1 atom stereocenters. The fourth-order valence-corrected chi connectivity index (χ4v) is 2.58. The Kier molecular flexibility index (Phi) is 4.94. The van der Waals surface area contributed by atoms with Crippen LogP contribution in [0.3, 0.4) is 0 Å². The second-order valence-corrected chi connectivity index (χ2v) is 5.86. The van der Waals surface area contributed by atoms with Crippen LogP contribution in [0.1, 0.15) is 31.2 Å². The number of rotatable bonds is 4. The minimum Gasteiger partial charge on any atom is -0.508 e. The van der Waals surface area contributed by atoms with Crippen molar-refractivity contribution in [2.24, 2.45) is 5.10 Å². The molecular formula is C18H15N3O7. The third kappa shape index (κ3) is 3.75. The van der Waals surface area contributed by atoms with Crippen LogP contribution in [0.4, 0.5) is 5.69 Å². The first-order valence-corrected chi connectivity index (χ1v) is 8.07. The standard InChI is InChI=1S/C18H15N3O7/c1-10(22)20-18(12-3-5-13(6-4-12)21(25)26)28-17(19-20)15-8-7-14(24)9-16(15)27-11(2)23/h3-9,18,24H,1-2H3/t18-/m0/s1. The van der Waals surface area contributed by atoms with E-state index in [2.05, 4.69) is 5.10 Å². The zero-order valence-corrected chi connectivity index (χ0v) is 14.9. The zero-order chi connectivity index (χ0) is 20.4. The summed E-state index contributed by atoms with van der Waals surface area (Å²) in [6.07, 6.45) is -0.952. The minimum absolute atomic E-state index is 0.00481. The molecule has 1 heterocycles. The first-order valence-electron chi connectivity index (χ1n) is 8.07. The highest BCUT2D eigenvalue weighted by molar-refractivity contribution is 5.99. The monoisotopic (exact) mass is 385 g/mol. The van der Waals surface area contributed by atoms with Crippen molar-refractivity contribution in [2.75, 3.05) is 0 Å². The highest BCUT2D eigenvalue weighted by Crippen LogP contribution is 2.34. The summed E-state index contributed by atoms with van der Waals surface area (Å²) in [5.41, 5.74) is 0.615. The first-order chi connectivity index (χ1) is 13.3. The Hall–Kier alpha value is -3.95. The Bertz CT molecular complexity index is 985. The van der Waals surface area contributed by atoms with Crippen molar-refractivity contribution in [3.63, 3.8) is 0 Å². The summed E-state index contributed by atoms with van der Waals surface area (Å²) in [7, 11) is 0. The number of nitro groups is 1. The normalized spacial score (nSPS) is 15.6. The molecule has 0 saturated carbocycles. The predicted octanol–water partition coefficient (Wildman–Crippen LogP) is 2.46. The number of non-ortho nitro benzene ring substituents is 1. The average Bonchev–Trinajstić information content (AvgIpc) is 3.07. The number of hydrazone groups is 1. The highest BCUT2D eigenvalue weighted by atomic mass is 16.6. The number of nitro benzene ring substituents is 1. The lowest BCUT2D eigenvalue weighted by Crippen LogP contribution is -2.25. The number of carbonyl (C=O) groups excluding carboxylic acids is 2. The molecule has 28 heavy (non-hydrogen) atoms. The van der Waals surface area contributed by atoms with Gasteiger partial charge in [0.1, 0.15) is 11.5 Å². The lowest BCUT2D eigenvalue weighted by molar-refractivity contribution is -0.384. The molecule has 0 aliphatic carbocycles. The number of carbonyl (C=O) groups is 2. The molecule has 2 aromatic rings. The largest absolute Gasteiger partial charge is 0.508 e. The predicted molar refractivity (Wildman–Crippen MR) is 95.4 cm³/mol. The molecule has 1 aliphatic heterocycles. The number of phenolic OH excluding ortho intramolecular Hbond substituents is 1. The molecule has 0 saturated heterocycles. The third-order valence-electron chi connectivity index (χ3n) is 3.80. The average molecular weight is 385 g/mol. The van der Waals surface area contributed by atoms with Crippen molar-refractivity contribution in [1.82, 2.24) is 5.01 Å². The number of ether oxygens (including phenoxy) is 2. The van der Waals surface area contributed by atoms with Gasteiger partial charge in [0.2, 0.25) is 18.0 Å². The SMILES string of the molecule is CC(=O)Oc1cc(O)ccc1C1=NN(C(C)=O)[C@H](c2ccc([N+](=O)[O-])cc2)O1. The molecule has 1 aliphatic rings. The van der Waals surface area contributed by atoms with Crippen LogP contribution >= 0.6 is 0 Å². The molecule has 0 aromatic heterocycles. The molecule has 3 rings (SSSR count). The van der Waals surface area contributed by atoms with E-state index in [1.807, 2.05) is 0 Å². The van der Waals surface area contributed by atoms with Gasteiger partial charge >= 0.3 is 5.97 Å². The van der Waals surface area contributed by atoms with Gasteiger partial charge in [-0.2, -0.15) is 5.01 Å². The Morgan fingerprint density at radius 1 is 1.21 bits per heavy atom. The maximum absolute atomic E-state index is 12.0. The van der Waals surface area contributed by atoms with Crippen molar-refractivity contribution < 1.29 is 29.1 Å². The van der Waals surface area contributed by atoms with Gasteiger partial charge in [-0.15, -0.1) is 5.10 Å². The number of phenols is 1. The molecule has 10 nitrogen and oxygen atoms in total. The maximum Gasteiger partial charge on any atom is 0.308 e. The Labute approximate surface area is 158 Å². The van der Waals surface area contributed by atoms with Gasteiger partial charge < -0.3 is 14.6 Å². The molecule has 0 radical (unpaired) electrons. The Morgan fingerprint density at radius 2 is 1.89 bits per heavy atom. The van der Waals surface area contributed by atoms with Gasteiger partial charge in [-0.3, -0.25) is 19.7 Å². The lowest BCUT2D eigenvalue weighted by Gasteiger charge is -2.19. The quantitative estimate of drug-likeness (QED) is 0.370. The molecule has 0 fully saturated rings. The molecule has 2 aromatic carbocycles. The van der Waals surface area contributed by atoms with Crippen molar-refractivity contribution in [3.05, 3.63) is 63.7 Å². The number of esters is 1. The van der Waals surface area contributed by atoms with E-state index in [0.29, 0.717) is 5.56 Å². The first kappa shape index (κ1) is 18.8. The second kappa shape index (κ2) is 7.35. The van der Waals surface area contributed by atoms with E-state index in [1.165, 1.54) is 56.3 Å². The maximum atomic E-state index is 12.0. The van der Waals surface area contributed by atoms with Crippen LogP contribution in [-0.4, -0.2) is 32.8 Å². The summed E-state index contributed by atoms with van der Waals surface area (Å²) in [6, 6.07) is 9.51. The van der Waals surface area contributed by atoms with Gasteiger partial charge in [0.25, 0.3) is 5.69 Å². The summed E-state index contributed by atoms with van der Waals surface area (Å²) in [5.74, 6) is -1.16. The van der Waals surface area contributed by atoms with Crippen LogP contribution in [0.5, 0.6) is 11.5 Å². The molecule has 1 N–H and O–H groups in total. The molecule has 0 spiro atoms. The van der Waals surface area contributed by atoms with Gasteiger partial charge in [0.05, 0.1) is 10.5 Å². The van der Waals surface area contributed by atoms with Gasteiger partial charge in [0.15, 0.2) is 0 Å². The van der Waals surface area contributed by atoms with E-state index >= 15 is 0 Å². The number of aromatic hydroxyl groups is 1. The minimum atomic E-state index is -0.952. The smallest absolute Gasteiger partial charge is 0.308 e. The number of hydrogen-bond acceptors (Lipinski definition) is 8. The van der Waals surface area contributed by atoms with E-state index in [1.54, 1.807) is 0 Å². The van der Waals surface area contributed by atoms with E-state index in [4.69, 9.17) is 9.47 Å². The van der Waals surface area contributed by atoms with Gasteiger partial charge in [-0.25, -0.2) is 0 Å². The summed E-state index contributed by atoms with van der Waals surface area (Å²) in [4.78, 5) is 33.6. The Balaban J connectivity index is 1.97. The van der Waals surface area contributed by atoms with E-state index in [0.717, 1.165) is 5.01 Å². The van der Waals surface area contributed by atoms with Crippen LogP contribution in [-0.2, 0) is 14.3 Å². The fourth-order valence-electron chi connectivity index (χ4n) is 2.58. The van der Waals surface area contributed by atoms with Crippen LogP contribution in [0, 0.1) is 10.1 Å². The summed E-state index contributed by atoms with van der Waals surface area (Å²) in [5, 5.41) is 25.7. The van der Waals surface area contributed by atoms with E-state index < -0.39 is 23.0 Å². The highest BCUT2D eigenvalue weighted by Gasteiger charge is 2.34. The summed E-state index contributed by atoms with van der Waals surface area (Å²) in [6.45, 7) is 2.49.